The molecule has 0 bridgehead atoms. The molecule has 8 nitrogen and oxygen atoms in total. The summed E-state index contributed by atoms with van der Waals surface area (Å²) in [5.41, 5.74) is 1.22. The first-order valence-electron chi connectivity index (χ1n) is 9.67. The molecule has 0 saturated heterocycles. The van der Waals surface area contributed by atoms with E-state index in [1.54, 1.807) is 30.3 Å². The Hall–Kier alpha value is -2.94. The Balaban J connectivity index is 1.70. The number of anilines is 1. The highest BCUT2D eigenvalue weighted by atomic mass is 32.2. The fraction of sp³-hybridized carbons (Fsp3) is 0.381. The van der Waals surface area contributed by atoms with Gasteiger partial charge < -0.3 is 19.5 Å². The van der Waals surface area contributed by atoms with Crippen LogP contribution in [0.3, 0.4) is 0 Å². The highest BCUT2D eigenvalue weighted by Crippen LogP contribution is 2.32. The molecule has 162 valence electrons. The van der Waals surface area contributed by atoms with Gasteiger partial charge in [0, 0.05) is 0 Å². The molecule has 1 heterocycles. The quantitative estimate of drug-likeness (QED) is 0.686. The van der Waals surface area contributed by atoms with Gasteiger partial charge in [0.25, 0.3) is 0 Å². The molecule has 0 saturated carbocycles. The second-order valence-corrected chi connectivity index (χ2v) is 8.80. The van der Waals surface area contributed by atoms with E-state index in [0.717, 1.165) is 16.1 Å². The van der Waals surface area contributed by atoms with E-state index >= 15 is 0 Å². The van der Waals surface area contributed by atoms with Gasteiger partial charge in [-0.05, 0) is 55.8 Å². The predicted molar refractivity (Wildman–Crippen MR) is 114 cm³/mol. The van der Waals surface area contributed by atoms with Crippen LogP contribution < -0.4 is 23.8 Å². The fourth-order valence-electron chi connectivity index (χ4n) is 3.11. The van der Waals surface area contributed by atoms with Crippen molar-refractivity contribution in [2.45, 2.75) is 19.9 Å². The van der Waals surface area contributed by atoms with Crippen LogP contribution in [0, 0.1) is 0 Å². The van der Waals surface area contributed by atoms with Crippen molar-refractivity contribution in [1.82, 2.24) is 5.32 Å². The third-order valence-electron chi connectivity index (χ3n) is 4.57. The topological polar surface area (TPSA) is 94.2 Å². The molecule has 0 fully saturated rings. The van der Waals surface area contributed by atoms with Crippen molar-refractivity contribution in [1.29, 1.82) is 0 Å². The smallest absolute Gasteiger partial charge is 0.241 e. The Labute approximate surface area is 176 Å². The van der Waals surface area contributed by atoms with Crippen molar-refractivity contribution in [3.8, 4) is 17.2 Å². The van der Waals surface area contributed by atoms with Gasteiger partial charge >= 0.3 is 0 Å². The first-order chi connectivity index (χ1) is 14.3. The summed E-state index contributed by atoms with van der Waals surface area (Å²) in [5.74, 6) is 1.51. The van der Waals surface area contributed by atoms with E-state index in [2.05, 4.69) is 5.32 Å². The minimum Gasteiger partial charge on any atom is -0.494 e. The summed E-state index contributed by atoms with van der Waals surface area (Å²) in [7, 11) is -3.66. The van der Waals surface area contributed by atoms with Crippen LogP contribution in [0.5, 0.6) is 17.2 Å². The lowest BCUT2D eigenvalue weighted by Crippen LogP contribution is -2.41. The number of fused-ring (bicyclic) bond motifs is 1. The molecule has 1 amide bonds. The molecule has 1 N–H and O–H groups in total. The third-order valence-corrected chi connectivity index (χ3v) is 5.71. The lowest BCUT2D eigenvalue weighted by molar-refractivity contribution is -0.120. The average Bonchev–Trinajstić information content (AvgIpc) is 2.72. The number of nitrogens with one attached hydrogen (secondary N) is 1. The summed E-state index contributed by atoms with van der Waals surface area (Å²) in [6, 6.07) is 11.7. The molecule has 0 radical (unpaired) electrons. The van der Waals surface area contributed by atoms with Crippen LogP contribution in [0.4, 0.5) is 5.69 Å². The van der Waals surface area contributed by atoms with Crippen molar-refractivity contribution in [2.24, 2.45) is 0 Å². The van der Waals surface area contributed by atoms with Crippen LogP contribution in [0.1, 0.15) is 25.5 Å². The largest absolute Gasteiger partial charge is 0.494 e. The van der Waals surface area contributed by atoms with Crippen LogP contribution in [0.25, 0.3) is 0 Å². The normalized spacial score (nSPS) is 14.0. The molecule has 0 aliphatic carbocycles. The van der Waals surface area contributed by atoms with Gasteiger partial charge in [0.2, 0.25) is 15.9 Å². The Morgan fingerprint density at radius 3 is 2.43 bits per heavy atom. The first kappa shape index (κ1) is 21.8. The minimum atomic E-state index is -3.66. The summed E-state index contributed by atoms with van der Waals surface area (Å²) in [4.78, 5) is 12.6. The number of amides is 1. The average molecular weight is 435 g/mol. The SMILES string of the molecule is CCOc1ccc(N(CC(=O)NC(C)c2ccc3c(c2)OCCO3)S(C)(=O)=O)cc1. The van der Waals surface area contributed by atoms with E-state index in [1.165, 1.54) is 0 Å². The molecule has 0 spiro atoms. The molecule has 9 heteroatoms. The predicted octanol–water partition coefficient (Wildman–Crippen LogP) is 2.50. The molecular formula is C21H26N2O6S. The molecule has 30 heavy (non-hydrogen) atoms. The van der Waals surface area contributed by atoms with E-state index in [4.69, 9.17) is 14.2 Å². The van der Waals surface area contributed by atoms with Crippen molar-refractivity contribution in [3.05, 3.63) is 48.0 Å². The molecule has 1 unspecified atom stereocenters. The fourth-order valence-corrected chi connectivity index (χ4v) is 3.96. The number of rotatable bonds is 8. The molecule has 1 atom stereocenters. The number of ether oxygens (including phenoxy) is 3. The number of hydrogen-bond acceptors (Lipinski definition) is 6. The maximum absolute atomic E-state index is 12.6. The van der Waals surface area contributed by atoms with Crippen molar-refractivity contribution >= 4 is 21.6 Å². The number of sulfonamides is 1. The van der Waals surface area contributed by atoms with Crippen LogP contribution in [0.15, 0.2) is 42.5 Å². The zero-order chi connectivity index (χ0) is 21.7. The van der Waals surface area contributed by atoms with Gasteiger partial charge in [-0.2, -0.15) is 0 Å². The molecule has 3 rings (SSSR count). The van der Waals surface area contributed by atoms with Gasteiger partial charge in [0.05, 0.1) is 24.6 Å². The lowest BCUT2D eigenvalue weighted by atomic mass is 10.1. The van der Waals surface area contributed by atoms with Crippen molar-refractivity contribution < 1.29 is 27.4 Å². The van der Waals surface area contributed by atoms with E-state index in [9.17, 15) is 13.2 Å². The summed E-state index contributed by atoms with van der Waals surface area (Å²) in [6.07, 6.45) is 1.07. The molecule has 2 aromatic carbocycles. The van der Waals surface area contributed by atoms with Crippen LogP contribution in [-0.4, -0.2) is 46.9 Å². The Kier molecular flexibility index (Phi) is 6.71. The standard InChI is InChI=1S/C21H26N2O6S/c1-4-27-18-8-6-17(7-9-18)23(30(3,25)26)14-21(24)22-15(2)16-5-10-19-20(13-16)29-12-11-28-19/h5-10,13,15H,4,11-12,14H2,1-3H3,(H,22,24). The van der Waals surface area contributed by atoms with Crippen LogP contribution in [0.2, 0.25) is 0 Å². The van der Waals surface area contributed by atoms with Gasteiger partial charge in [-0.1, -0.05) is 6.07 Å². The van der Waals surface area contributed by atoms with Crippen LogP contribution in [-0.2, 0) is 14.8 Å². The maximum atomic E-state index is 12.6. The van der Waals surface area contributed by atoms with Gasteiger partial charge in [-0.3, -0.25) is 9.10 Å². The molecular weight excluding hydrogens is 408 g/mol. The van der Waals surface area contributed by atoms with Crippen molar-refractivity contribution in [3.63, 3.8) is 0 Å². The summed E-state index contributed by atoms with van der Waals surface area (Å²) in [6.45, 7) is 4.85. The number of carbonyl (C=O) groups excluding carboxylic acids is 1. The number of hydrogen-bond donors (Lipinski definition) is 1. The summed E-state index contributed by atoms with van der Waals surface area (Å²) in [5, 5.41) is 2.84. The van der Waals surface area contributed by atoms with Gasteiger partial charge in [-0.15, -0.1) is 0 Å². The highest BCUT2D eigenvalue weighted by molar-refractivity contribution is 7.92. The zero-order valence-electron chi connectivity index (χ0n) is 17.3. The van der Waals surface area contributed by atoms with Gasteiger partial charge in [-0.25, -0.2) is 8.42 Å². The third kappa shape index (κ3) is 5.35. The Morgan fingerprint density at radius 2 is 1.80 bits per heavy atom. The minimum absolute atomic E-state index is 0.332. The molecule has 1 aliphatic rings. The lowest BCUT2D eigenvalue weighted by Gasteiger charge is -2.24. The molecule has 1 aliphatic heterocycles. The second kappa shape index (κ2) is 9.25. The van der Waals surface area contributed by atoms with E-state index in [1.807, 2.05) is 26.0 Å². The number of nitrogens with zero attached hydrogens (tertiary/aromatic N) is 1. The van der Waals surface area contributed by atoms with Crippen molar-refractivity contribution in [2.75, 3.05) is 36.9 Å². The Morgan fingerprint density at radius 1 is 1.13 bits per heavy atom. The van der Waals surface area contributed by atoms with Gasteiger partial charge in [0.1, 0.15) is 25.5 Å². The summed E-state index contributed by atoms with van der Waals surface area (Å²) >= 11 is 0. The van der Waals surface area contributed by atoms with Crippen LogP contribution >= 0.6 is 0 Å². The maximum Gasteiger partial charge on any atom is 0.241 e. The molecule has 0 aromatic heterocycles. The summed E-state index contributed by atoms with van der Waals surface area (Å²) < 4.78 is 42.1. The first-order valence-corrected chi connectivity index (χ1v) is 11.5. The molecule has 2 aromatic rings. The number of carbonyl (C=O) groups is 1. The van der Waals surface area contributed by atoms with E-state index in [0.29, 0.717) is 42.8 Å². The second-order valence-electron chi connectivity index (χ2n) is 6.89. The van der Waals surface area contributed by atoms with E-state index in [-0.39, 0.29) is 12.6 Å². The Bertz CT molecular complexity index is 991. The van der Waals surface area contributed by atoms with Gasteiger partial charge in [0.15, 0.2) is 11.5 Å². The highest BCUT2D eigenvalue weighted by Gasteiger charge is 2.22. The number of benzene rings is 2. The zero-order valence-corrected chi connectivity index (χ0v) is 18.1. The monoisotopic (exact) mass is 434 g/mol. The van der Waals surface area contributed by atoms with E-state index < -0.39 is 15.9 Å².